The first kappa shape index (κ1) is 15.1. The second kappa shape index (κ2) is 6.55. The van der Waals surface area contributed by atoms with Crippen LogP contribution in [0.1, 0.15) is 64.2 Å². The van der Waals surface area contributed by atoms with Gasteiger partial charge in [0.25, 0.3) is 0 Å². The highest BCUT2D eigenvalue weighted by molar-refractivity contribution is 5.80. The van der Waals surface area contributed by atoms with E-state index >= 15 is 0 Å². The Morgan fingerprint density at radius 3 is 2.62 bits per heavy atom. The summed E-state index contributed by atoms with van der Waals surface area (Å²) < 4.78 is 0. The number of nitrogens with zero attached hydrogens (tertiary/aromatic N) is 1. The number of hydrogen-bond acceptors (Lipinski definition) is 2. The molecule has 3 N–H and O–H groups in total. The maximum absolute atomic E-state index is 10.4. The van der Waals surface area contributed by atoms with E-state index in [1.54, 1.807) is 0 Å². The highest BCUT2D eigenvalue weighted by Gasteiger charge is 2.34. The first-order valence-corrected chi connectivity index (χ1v) is 8.88. The average molecular weight is 293 g/mol. The van der Waals surface area contributed by atoms with E-state index in [1.807, 2.05) is 7.05 Å². The van der Waals surface area contributed by atoms with Crippen molar-refractivity contribution in [2.45, 2.75) is 75.9 Å². The SMILES string of the molecule is CN=C(NCC1(O)CCCC1)NC1CCC2CCCC2C1. The van der Waals surface area contributed by atoms with Crippen LogP contribution in [0.2, 0.25) is 0 Å². The molecule has 0 aliphatic heterocycles. The molecule has 3 aliphatic carbocycles. The number of hydrogen-bond donors (Lipinski definition) is 3. The van der Waals surface area contributed by atoms with Crippen molar-refractivity contribution in [2.75, 3.05) is 13.6 Å². The Labute approximate surface area is 128 Å². The topological polar surface area (TPSA) is 56.7 Å². The minimum atomic E-state index is -0.513. The van der Waals surface area contributed by atoms with E-state index < -0.39 is 5.60 Å². The number of aliphatic imine (C=N–C) groups is 1. The monoisotopic (exact) mass is 293 g/mol. The molecule has 3 aliphatic rings. The number of aliphatic hydroxyl groups is 1. The molecule has 0 aromatic heterocycles. The molecule has 0 aromatic rings. The van der Waals surface area contributed by atoms with Gasteiger partial charge in [-0.3, -0.25) is 4.99 Å². The van der Waals surface area contributed by atoms with Crippen LogP contribution in [-0.2, 0) is 0 Å². The Balaban J connectivity index is 1.46. The predicted molar refractivity (Wildman–Crippen MR) is 86.4 cm³/mol. The molecule has 0 saturated heterocycles. The Bertz CT molecular complexity index is 376. The van der Waals surface area contributed by atoms with E-state index in [2.05, 4.69) is 15.6 Å². The normalized spacial score (nSPS) is 35.5. The van der Waals surface area contributed by atoms with Crippen molar-refractivity contribution in [3.8, 4) is 0 Å². The van der Waals surface area contributed by atoms with Gasteiger partial charge >= 0.3 is 0 Å². The summed E-state index contributed by atoms with van der Waals surface area (Å²) in [5, 5.41) is 17.4. The quantitative estimate of drug-likeness (QED) is 0.553. The summed E-state index contributed by atoms with van der Waals surface area (Å²) >= 11 is 0. The van der Waals surface area contributed by atoms with Crippen molar-refractivity contribution in [1.82, 2.24) is 10.6 Å². The highest BCUT2D eigenvalue weighted by Crippen LogP contribution is 2.42. The zero-order valence-electron chi connectivity index (χ0n) is 13.4. The maximum atomic E-state index is 10.4. The number of guanidine groups is 1. The largest absolute Gasteiger partial charge is 0.388 e. The van der Waals surface area contributed by atoms with Crippen molar-refractivity contribution in [2.24, 2.45) is 16.8 Å². The molecule has 3 fully saturated rings. The van der Waals surface area contributed by atoms with Gasteiger partial charge in [-0.2, -0.15) is 0 Å². The Morgan fingerprint density at radius 2 is 1.86 bits per heavy atom. The fourth-order valence-corrected chi connectivity index (χ4v) is 4.68. The van der Waals surface area contributed by atoms with E-state index in [1.165, 1.54) is 38.5 Å². The van der Waals surface area contributed by atoms with Gasteiger partial charge < -0.3 is 15.7 Å². The first-order chi connectivity index (χ1) is 10.2. The fraction of sp³-hybridized carbons (Fsp3) is 0.941. The van der Waals surface area contributed by atoms with Crippen LogP contribution in [0.15, 0.2) is 4.99 Å². The molecule has 0 heterocycles. The van der Waals surface area contributed by atoms with Crippen molar-refractivity contribution in [3.63, 3.8) is 0 Å². The van der Waals surface area contributed by atoms with Crippen LogP contribution in [0.25, 0.3) is 0 Å². The van der Waals surface area contributed by atoms with Crippen LogP contribution >= 0.6 is 0 Å². The second-order valence-electron chi connectivity index (χ2n) is 7.46. The zero-order chi connectivity index (χ0) is 14.7. The van der Waals surface area contributed by atoms with Crippen LogP contribution in [0.3, 0.4) is 0 Å². The average Bonchev–Trinajstić information content (AvgIpc) is 3.12. The summed E-state index contributed by atoms with van der Waals surface area (Å²) in [6.45, 7) is 0.630. The van der Waals surface area contributed by atoms with Crippen LogP contribution in [0.4, 0.5) is 0 Å². The molecule has 3 saturated carbocycles. The van der Waals surface area contributed by atoms with E-state index in [0.29, 0.717) is 12.6 Å². The zero-order valence-corrected chi connectivity index (χ0v) is 13.4. The smallest absolute Gasteiger partial charge is 0.191 e. The van der Waals surface area contributed by atoms with Crippen LogP contribution in [0, 0.1) is 11.8 Å². The van der Waals surface area contributed by atoms with Gasteiger partial charge in [0, 0.05) is 19.6 Å². The predicted octanol–water partition coefficient (Wildman–Crippen LogP) is 2.43. The van der Waals surface area contributed by atoms with Crippen molar-refractivity contribution in [1.29, 1.82) is 0 Å². The lowest BCUT2D eigenvalue weighted by molar-refractivity contribution is 0.0521. The summed E-state index contributed by atoms with van der Waals surface area (Å²) in [4.78, 5) is 4.34. The van der Waals surface area contributed by atoms with Crippen molar-refractivity contribution in [3.05, 3.63) is 0 Å². The van der Waals surface area contributed by atoms with Crippen molar-refractivity contribution >= 4 is 5.96 Å². The number of rotatable bonds is 3. The summed E-state index contributed by atoms with van der Waals surface area (Å²) in [6.07, 6.45) is 12.4. The lowest BCUT2D eigenvalue weighted by Crippen LogP contribution is -2.50. The van der Waals surface area contributed by atoms with E-state index in [0.717, 1.165) is 43.5 Å². The molecule has 3 atom stereocenters. The summed E-state index contributed by atoms with van der Waals surface area (Å²) in [5.41, 5.74) is -0.513. The van der Waals surface area contributed by atoms with Gasteiger partial charge in [0.1, 0.15) is 0 Å². The molecule has 3 unspecified atom stereocenters. The minimum Gasteiger partial charge on any atom is -0.388 e. The van der Waals surface area contributed by atoms with E-state index in [4.69, 9.17) is 0 Å². The van der Waals surface area contributed by atoms with E-state index in [-0.39, 0.29) is 0 Å². The Kier molecular flexibility index (Phi) is 4.72. The third-order valence-corrected chi connectivity index (χ3v) is 5.97. The lowest BCUT2D eigenvalue weighted by Gasteiger charge is -2.33. The van der Waals surface area contributed by atoms with Gasteiger partial charge in [0.15, 0.2) is 5.96 Å². The summed E-state index contributed by atoms with van der Waals surface area (Å²) in [6, 6.07) is 0.564. The molecule has 3 rings (SSSR count). The molecular formula is C17H31N3O. The molecule has 0 radical (unpaired) electrons. The van der Waals surface area contributed by atoms with Gasteiger partial charge in [-0.15, -0.1) is 0 Å². The minimum absolute atomic E-state index is 0.513. The van der Waals surface area contributed by atoms with Crippen LogP contribution in [0.5, 0.6) is 0 Å². The van der Waals surface area contributed by atoms with Crippen molar-refractivity contribution < 1.29 is 5.11 Å². The van der Waals surface area contributed by atoms with Gasteiger partial charge in [0.2, 0.25) is 0 Å². The van der Waals surface area contributed by atoms with Gasteiger partial charge in [-0.1, -0.05) is 32.1 Å². The summed E-state index contributed by atoms with van der Waals surface area (Å²) in [5.74, 6) is 2.81. The van der Waals surface area contributed by atoms with E-state index in [9.17, 15) is 5.11 Å². The Hall–Kier alpha value is -0.770. The molecule has 21 heavy (non-hydrogen) atoms. The second-order valence-corrected chi connectivity index (χ2v) is 7.46. The van der Waals surface area contributed by atoms with Crippen LogP contribution in [-0.4, -0.2) is 36.3 Å². The molecule has 4 heteroatoms. The molecule has 4 nitrogen and oxygen atoms in total. The van der Waals surface area contributed by atoms with Crippen LogP contribution < -0.4 is 10.6 Å². The molecular weight excluding hydrogens is 262 g/mol. The third kappa shape index (κ3) is 3.71. The molecule has 0 amide bonds. The standard InChI is InChI=1S/C17H31N3O/c1-18-16(19-12-17(21)9-2-3-10-17)20-15-8-7-13-5-4-6-14(13)11-15/h13-15,21H,2-12H2,1H3,(H2,18,19,20). The molecule has 0 aromatic carbocycles. The Morgan fingerprint density at radius 1 is 1.10 bits per heavy atom. The lowest BCUT2D eigenvalue weighted by atomic mass is 9.79. The van der Waals surface area contributed by atoms with Gasteiger partial charge in [-0.25, -0.2) is 0 Å². The molecule has 0 bridgehead atoms. The number of fused-ring (bicyclic) bond motifs is 1. The van der Waals surface area contributed by atoms with Gasteiger partial charge in [-0.05, 0) is 43.9 Å². The first-order valence-electron chi connectivity index (χ1n) is 8.88. The third-order valence-electron chi connectivity index (χ3n) is 5.97. The molecule has 0 spiro atoms. The van der Waals surface area contributed by atoms with Gasteiger partial charge in [0.05, 0.1) is 5.60 Å². The number of nitrogens with one attached hydrogen (secondary N) is 2. The molecule has 120 valence electrons. The maximum Gasteiger partial charge on any atom is 0.191 e. The fourth-order valence-electron chi connectivity index (χ4n) is 4.68. The highest BCUT2D eigenvalue weighted by atomic mass is 16.3. The summed E-state index contributed by atoms with van der Waals surface area (Å²) in [7, 11) is 1.83.